The highest BCUT2D eigenvalue weighted by atomic mass is 31.2. The van der Waals surface area contributed by atoms with Crippen LogP contribution in [0.15, 0.2) is 12.2 Å². The first-order valence-electron chi connectivity index (χ1n) is 6.26. The topological polar surface area (TPSA) is 35.5 Å². The normalized spacial score (nSPS) is 24.8. The number of hydrogen-bond acceptors (Lipinski definition) is 3. The van der Waals surface area contributed by atoms with E-state index in [9.17, 15) is 4.57 Å². The number of allylic oxidation sites excluding steroid dienone is 2. The Morgan fingerprint density at radius 2 is 1.75 bits per heavy atom. The van der Waals surface area contributed by atoms with Gasteiger partial charge in [-0.1, -0.05) is 12.2 Å². The molecule has 0 radical (unpaired) electrons. The van der Waals surface area contributed by atoms with E-state index < -0.39 is 7.60 Å². The highest BCUT2D eigenvalue weighted by molar-refractivity contribution is 7.54. The molecule has 0 heterocycles. The lowest BCUT2D eigenvalue weighted by Crippen LogP contribution is -2.14. The van der Waals surface area contributed by atoms with Crippen LogP contribution in [0.1, 0.15) is 46.0 Å². The lowest BCUT2D eigenvalue weighted by Gasteiger charge is -2.26. The van der Waals surface area contributed by atoms with Crippen LogP contribution >= 0.6 is 7.60 Å². The van der Waals surface area contributed by atoms with Gasteiger partial charge in [0.2, 0.25) is 0 Å². The summed E-state index contributed by atoms with van der Waals surface area (Å²) in [6.07, 6.45) is 9.38. The third-order valence-electron chi connectivity index (χ3n) is 2.81. The molecule has 1 atom stereocenters. The molecule has 1 aliphatic rings. The van der Waals surface area contributed by atoms with Crippen LogP contribution in [0.2, 0.25) is 0 Å². The maximum absolute atomic E-state index is 12.6. The zero-order chi connectivity index (χ0) is 11.9. The summed E-state index contributed by atoms with van der Waals surface area (Å²) in [4.78, 5) is 0. The van der Waals surface area contributed by atoms with Crippen LogP contribution in [0.5, 0.6) is 0 Å². The summed E-state index contributed by atoms with van der Waals surface area (Å²) in [5.41, 5.74) is 0.0809. The van der Waals surface area contributed by atoms with Gasteiger partial charge in [-0.05, 0) is 46.0 Å². The van der Waals surface area contributed by atoms with E-state index in [1.54, 1.807) is 0 Å². The van der Waals surface area contributed by atoms with Crippen molar-refractivity contribution < 1.29 is 13.6 Å². The minimum absolute atomic E-state index is 0.0809. The van der Waals surface area contributed by atoms with Gasteiger partial charge in [-0.2, -0.15) is 0 Å². The maximum atomic E-state index is 12.6. The molecule has 0 saturated carbocycles. The van der Waals surface area contributed by atoms with Crippen molar-refractivity contribution in [1.82, 2.24) is 0 Å². The molecule has 16 heavy (non-hydrogen) atoms. The van der Waals surface area contributed by atoms with Crippen molar-refractivity contribution in [3.8, 4) is 0 Å². The molecule has 0 amide bonds. The van der Waals surface area contributed by atoms with Gasteiger partial charge >= 0.3 is 7.60 Å². The Balaban J connectivity index is 2.67. The second-order valence-corrected chi connectivity index (χ2v) is 6.34. The predicted molar refractivity (Wildman–Crippen MR) is 66.9 cm³/mol. The third kappa shape index (κ3) is 4.04. The zero-order valence-electron chi connectivity index (χ0n) is 10.4. The van der Waals surface area contributed by atoms with Crippen LogP contribution in [0, 0.1) is 0 Å². The molecule has 0 aromatic heterocycles. The van der Waals surface area contributed by atoms with Crippen LogP contribution < -0.4 is 0 Å². The standard InChI is InChI=1S/C12H23O3P/c1-3-14-16(13,15-4-2)12-10-8-6-5-7-9-11-12/h5-6,12H,3-4,7-11H2,1-2H3/b6-5-. The summed E-state index contributed by atoms with van der Waals surface area (Å²) in [5.74, 6) is 0. The lowest BCUT2D eigenvalue weighted by atomic mass is 10.1. The van der Waals surface area contributed by atoms with E-state index in [2.05, 4.69) is 12.2 Å². The van der Waals surface area contributed by atoms with E-state index in [-0.39, 0.29) is 5.66 Å². The quantitative estimate of drug-likeness (QED) is 0.540. The second-order valence-electron chi connectivity index (χ2n) is 4.01. The van der Waals surface area contributed by atoms with Gasteiger partial charge in [0.05, 0.1) is 18.9 Å². The van der Waals surface area contributed by atoms with Gasteiger partial charge in [-0.3, -0.25) is 4.57 Å². The SMILES string of the molecule is CCOP(=O)(OCC)C1CC/C=C\CCC1. The Morgan fingerprint density at radius 1 is 1.12 bits per heavy atom. The lowest BCUT2D eigenvalue weighted by molar-refractivity contribution is 0.208. The van der Waals surface area contributed by atoms with Crippen LogP contribution in [0.4, 0.5) is 0 Å². The van der Waals surface area contributed by atoms with Crippen molar-refractivity contribution in [2.75, 3.05) is 13.2 Å². The Morgan fingerprint density at radius 3 is 2.38 bits per heavy atom. The van der Waals surface area contributed by atoms with E-state index >= 15 is 0 Å². The molecule has 3 nitrogen and oxygen atoms in total. The molecule has 0 N–H and O–H groups in total. The highest BCUT2D eigenvalue weighted by Gasteiger charge is 2.34. The van der Waals surface area contributed by atoms with E-state index in [4.69, 9.17) is 9.05 Å². The molecule has 0 aliphatic heterocycles. The Labute approximate surface area is 98.7 Å². The first kappa shape index (κ1) is 14.0. The molecular weight excluding hydrogens is 223 g/mol. The van der Waals surface area contributed by atoms with Crippen molar-refractivity contribution in [3.05, 3.63) is 12.2 Å². The summed E-state index contributed by atoms with van der Waals surface area (Å²) in [5, 5.41) is 0. The number of rotatable bonds is 5. The van der Waals surface area contributed by atoms with Crippen LogP contribution in [-0.4, -0.2) is 18.9 Å². The first-order chi connectivity index (χ1) is 7.73. The molecule has 0 fully saturated rings. The molecule has 1 unspecified atom stereocenters. The summed E-state index contributed by atoms with van der Waals surface area (Å²) in [6, 6.07) is 0. The predicted octanol–water partition coefficient (Wildman–Crippen LogP) is 4.14. The molecule has 4 heteroatoms. The fourth-order valence-electron chi connectivity index (χ4n) is 2.06. The average molecular weight is 246 g/mol. The summed E-state index contributed by atoms with van der Waals surface area (Å²) >= 11 is 0. The van der Waals surface area contributed by atoms with E-state index in [1.165, 1.54) is 0 Å². The molecular formula is C12H23O3P. The summed E-state index contributed by atoms with van der Waals surface area (Å²) in [7, 11) is -2.88. The van der Waals surface area contributed by atoms with Crippen LogP contribution in [0.3, 0.4) is 0 Å². The van der Waals surface area contributed by atoms with Gasteiger partial charge in [0.15, 0.2) is 0 Å². The van der Waals surface area contributed by atoms with Gasteiger partial charge < -0.3 is 9.05 Å². The average Bonchev–Trinajstić information content (AvgIpc) is 2.16. The van der Waals surface area contributed by atoms with Gasteiger partial charge in [0.1, 0.15) is 0 Å². The van der Waals surface area contributed by atoms with Gasteiger partial charge in [-0.25, -0.2) is 0 Å². The molecule has 0 aromatic rings. The maximum Gasteiger partial charge on any atom is 0.333 e. The Hall–Kier alpha value is -0.110. The molecule has 1 rings (SSSR count). The van der Waals surface area contributed by atoms with Crippen molar-refractivity contribution >= 4 is 7.60 Å². The molecule has 0 spiro atoms. The van der Waals surface area contributed by atoms with E-state index in [0.717, 1.165) is 32.1 Å². The van der Waals surface area contributed by atoms with Crippen molar-refractivity contribution in [3.63, 3.8) is 0 Å². The molecule has 94 valence electrons. The fraction of sp³-hybridized carbons (Fsp3) is 0.833. The number of hydrogen-bond donors (Lipinski definition) is 0. The Kier molecular flexibility index (Phi) is 6.33. The van der Waals surface area contributed by atoms with Crippen LogP contribution in [-0.2, 0) is 13.6 Å². The van der Waals surface area contributed by atoms with Crippen molar-refractivity contribution in [2.45, 2.75) is 51.6 Å². The van der Waals surface area contributed by atoms with Crippen LogP contribution in [0.25, 0.3) is 0 Å². The third-order valence-corrected chi connectivity index (χ3v) is 5.45. The molecule has 0 aromatic carbocycles. The minimum atomic E-state index is -2.88. The smallest absolute Gasteiger partial charge is 0.309 e. The van der Waals surface area contributed by atoms with E-state index in [1.807, 2.05) is 13.8 Å². The Bertz CT molecular complexity index is 253. The van der Waals surface area contributed by atoms with Crippen molar-refractivity contribution in [1.29, 1.82) is 0 Å². The zero-order valence-corrected chi connectivity index (χ0v) is 11.2. The molecule has 1 aliphatic carbocycles. The van der Waals surface area contributed by atoms with Gasteiger partial charge in [0, 0.05) is 0 Å². The first-order valence-corrected chi connectivity index (χ1v) is 7.88. The summed E-state index contributed by atoms with van der Waals surface area (Å²) < 4.78 is 23.4. The second kappa shape index (κ2) is 7.26. The van der Waals surface area contributed by atoms with E-state index in [0.29, 0.717) is 13.2 Å². The molecule has 0 bridgehead atoms. The highest BCUT2D eigenvalue weighted by Crippen LogP contribution is 2.56. The summed E-state index contributed by atoms with van der Waals surface area (Å²) in [6.45, 7) is 4.66. The fourth-order valence-corrected chi connectivity index (χ4v) is 4.24. The monoisotopic (exact) mass is 246 g/mol. The van der Waals surface area contributed by atoms with Gasteiger partial charge in [-0.15, -0.1) is 0 Å². The minimum Gasteiger partial charge on any atom is -0.309 e. The largest absolute Gasteiger partial charge is 0.333 e. The van der Waals surface area contributed by atoms with Gasteiger partial charge in [0.25, 0.3) is 0 Å². The van der Waals surface area contributed by atoms with Crippen molar-refractivity contribution in [2.24, 2.45) is 0 Å². The molecule has 0 saturated heterocycles.